The molecular weight excluding hydrogens is 354 g/mol. The fourth-order valence-corrected chi connectivity index (χ4v) is 22.0. The SMILES string of the molecule is C[Si](C)([C@H]1CCC[P@@]1c1ccccc1)[C@H]1CCC[P@@]1c1ccccc1. The molecule has 0 bridgehead atoms. The summed E-state index contributed by atoms with van der Waals surface area (Å²) < 4.78 is 0. The third-order valence-corrected chi connectivity index (χ3v) is 21.8. The second-order valence-electron chi connectivity index (χ2n) is 8.20. The van der Waals surface area contributed by atoms with Crippen molar-refractivity contribution in [1.82, 2.24) is 0 Å². The molecule has 2 aliphatic heterocycles. The molecule has 2 aliphatic rings. The Morgan fingerprint density at radius 3 is 1.48 bits per heavy atom. The molecule has 4 atom stereocenters. The van der Waals surface area contributed by atoms with Crippen molar-refractivity contribution in [1.29, 1.82) is 0 Å². The van der Waals surface area contributed by atoms with Gasteiger partial charge >= 0.3 is 0 Å². The van der Waals surface area contributed by atoms with Crippen LogP contribution in [0.15, 0.2) is 60.7 Å². The Labute approximate surface area is 157 Å². The molecule has 0 N–H and O–H groups in total. The van der Waals surface area contributed by atoms with Crippen molar-refractivity contribution in [3.8, 4) is 0 Å². The first-order valence-electron chi connectivity index (χ1n) is 9.81. The highest BCUT2D eigenvalue weighted by Gasteiger charge is 2.49. The van der Waals surface area contributed by atoms with Crippen LogP contribution in [0.2, 0.25) is 13.1 Å². The van der Waals surface area contributed by atoms with Gasteiger partial charge in [-0.2, -0.15) is 0 Å². The van der Waals surface area contributed by atoms with Crippen LogP contribution in [0, 0.1) is 0 Å². The largest absolute Gasteiger partial charge is 0.0749 e. The van der Waals surface area contributed by atoms with E-state index in [1.54, 1.807) is 10.6 Å². The van der Waals surface area contributed by atoms with Crippen LogP contribution in [0.3, 0.4) is 0 Å². The molecule has 0 aromatic heterocycles. The molecule has 25 heavy (non-hydrogen) atoms. The molecule has 0 radical (unpaired) electrons. The monoisotopic (exact) mass is 384 g/mol. The zero-order chi connectivity index (χ0) is 17.3. The minimum absolute atomic E-state index is 0.0764. The standard InChI is InChI=1S/C22H30P2Si/c1-25(2,21-15-9-17-23(21)19-11-5-3-6-12-19)22-16-10-18-24(22)20-13-7-4-8-14-20/h3-8,11-14,21-22H,9-10,15-18H2,1-2H3/t21-,22-,23-,24-/m0/s1. The minimum Gasteiger partial charge on any atom is -0.0749 e. The van der Waals surface area contributed by atoms with E-state index >= 15 is 0 Å². The molecule has 0 aliphatic carbocycles. The normalized spacial score (nSPS) is 29.8. The minimum atomic E-state index is -1.27. The van der Waals surface area contributed by atoms with Crippen LogP contribution in [0.4, 0.5) is 0 Å². The maximum atomic E-state index is 2.76. The fourth-order valence-electron chi connectivity index (χ4n) is 5.16. The highest BCUT2D eigenvalue weighted by atomic mass is 31.1. The summed E-state index contributed by atoms with van der Waals surface area (Å²) in [5, 5.41) is 5.45. The molecule has 2 aromatic rings. The van der Waals surface area contributed by atoms with Crippen LogP contribution in [0.1, 0.15) is 25.7 Å². The van der Waals surface area contributed by atoms with E-state index in [-0.39, 0.29) is 15.8 Å². The maximum absolute atomic E-state index is 2.76. The predicted octanol–water partition coefficient (Wildman–Crippen LogP) is 5.71. The maximum Gasteiger partial charge on any atom is 0.0631 e. The molecule has 132 valence electrons. The lowest BCUT2D eigenvalue weighted by molar-refractivity contribution is 0.855. The Hall–Kier alpha value is -0.483. The summed E-state index contributed by atoms with van der Waals surface area (Å²) in [6.45, 7) is 5.52. The van der Waals surface area contributed by atoms with Crippen LogP contribution in [0.5, 0.6) is 0 Å². The second-order valence-corrected chi connectivity index (χ2v) is 19.3. The van der Waals surface area contributed by atoms with Crippen molar-refractivity contribution in [3.63, 3.8) is 0 Å². The molecule has 4 rings (SSSR count). The number of benzene rings is 2. The van der Waals surface area contributed by atoms with Crippen molar-refractivity contribution in [3.05, 3.63) is 60.7 Å². The van der Waals surface area contributed by atoms with Gasteiger partial charge in [-0.05, 0) is 59.2 Å². The topological polar surface area (TPSA) is 0 Å². The van der Waals surface area contributed by atoms with Gasteiger partial charge in [0.2, 0.25) is 0 Å². The third-order valence-electron chi connectivity index (χ3n) is 6.40. The molecule has 2 saturated heterocycles. The lowest BCUT2D eigenvalue weighted by atomic mass is 10.4. The van der Waals surface area contributed by atoms with E-state index < -0.39 is 8.07 Å². The Kier molecular flexibility index (Phi) is 5.47. The highest BCUT2D eigenvalue weighted by molar-refractivity contribution is 7.72. The van der Waals surface area contributed by atoms with Gasteiger partial charge in [0.15, 0.2) is 0 Å². The zero-order valence-corrected chi connectivity index (χ0v) is 18.4. The molecule has 2 aromatic carbocycles. The average molecular weight is 385 g/mol. The number of hydrogen-bond donors (Lipinski definition) is 0. The van der Waals surface area contributed by atoms with Gasteiger partial charge in [0, 0.05) is 0 Å². The van der Waals surface area contributed by atoms with E-state index in [9.17, 15) is 0 Å². The van der Waals surface area contributed by atoms with E-state index in [1.807, 2.05) is 0 Å². The van der Waals surface area contributed by atoms with E-state index in [2.05, 4.69) is 73.8 Å². The predicted molar refractivity (Wildman–Crippen MR) is 119 cm³/mol. The summed E-state index contributed by atoms with van der Waals surface area (Å²) in [6.07, 6.45) is 8.92. The Balaban J connectivity index is 1.61. The van der Waals surface area contributed by atoms with Crippen molar-refractivity contribution in [2.45, 2.75) is 49.3 Å². The number of hydrogen-bond acceptors (Lipinski definition) is 0. The highest BCUT2D eigenvalue weighted by Crippen LogP contribution is 2.60. The number of rotatable bonds is 4. The van der Waals surface area contributed by atoms with Crippen molar-refractivity contribution in [2.24, 2.45) is 0 Å². The Morgan fingerprint density at radius 2 is 1.08 bits per heavy atom. The van der Waals surface area contributed by atoms with Gasteiger partial charge in [0.1, 0.15) is 0 Å². The summed E-state index contributed by atoms with van der Waals surface area (Å²) in [4.78, 5) is 0. The first kappa shape index (κ1) is 17.9. The van der Waals surface area contributed by atoms with Gasteiger partial charge in [-0.3, -0.25) is 0 Å². The van der Waals surface area contributed by atoms with Crippen molar-refractivity contribution >= 4 is 34.5 Å². The van der Waals surface area contributed by atoms with Gasteiger partial charge in [0.25, 0.3) is 0 Å². The fraction of sp³-hybridized carbons (Fsp3) is 0.455. The van der Waals surface area contributed by atoms with Gasteiger partial charge in [-0.15, -0.1) is 0 Å². The first-order chi connectivity index (χ1) is 12.2. The van der Waals surface area contributed by atoms with Crippen LogP contribution < -0.4 is 10.6 Å². The van der Waals surface area contributed by atoms with Crippen LogP contribution in [-0.2, 0) is 0 Å². The van der Waals surface area contributed by atoms with E-state index in [0.29, 0.717) is 0 Å². The van der Waals surface area contributed by atoms with Crippen molar-refractivity contribution in [2.75, 3.05) is 12.3 Å². The average Bonchev–Trinajstić information content (AvgIpc) is 3.33. The zero-order valence-electron chi connectivity index (χ0n) is 15.6. The van der Waals surface area contributed by atoms with Gasteiger partial charge in [-0.25, -0.2) is 0 Å². The summed E-state index contributed by atoms with van der Waals surface area (Å²) in [5.41, 5.74) is 0. The Bertz CT molecular complexity index is 626. The summed E-state index contributed by atoms with van der Waals surface area (Å²) in [6, 6.07) is 23.1. The van der Waals surface area contributed by atoms with E-state index in [0.717, 1.165) is 10.6 Å². The second kappa shape index (κ2) is 7.64. The van der Waals surface area contributed by atoms with E-state index in [1.165, 1.54) is 38.0 Å². The van der Waals surface area contributed by atoms with E-state index in [4.69, 9.17) is 0 Å². The van der Waals surface area contributed by atoms with Crippen LogP contribution in [-0.4, -0.2) is 31.0 Å². The van der Waals surface area contributed by atoms with Crippen molar-refractivity contribution < 1.29 is 0 Å². The molecule has 0 unspecified atom stereocenters. The molecule has 0 spiro atoms. The lowest BCUT2D eigenvalue weighted by Crippen LogP contribution is -2.50. The Morgan fingerprint density at radius 1 is 0.680 bits per heavy atom. The molecule has 2 heterocycles. The lowest BCUT2D eigenvalue weighted by Gasteiger charge is -2.42. The van der Waals surface area contributed by atoms with Gasteiger partial charge in [-0.1, -0.05) is 89.6 Å². The molecule has 3 heteroatoms. The molecular formula is C22H30P2Si. The first-order valence-corrected chi connectivity index (χ1v) is 16.2. The van der Waals surface area contributed by atoms with Gasteiger partial charge in [0.05, 0.1) is 8.07 Å². The third kappa shape index (κ3) is 3.53. The molecule has 0 nitrogen and oxygen atoms in total. The smallest absolute Gasteiger partial charge is 0.0631 e. The molecule has 0 saturated carbocycles. The quantitative estimate of drug-likeness (QED) is 0.468. The van der Waals surface area contributed by atoms with Gasteiger partial charge < -0.3 is 0 Å². The molecule has 2 fully saturated rings. The summed E-state index contributed by atoms with van der Waals surface area (Å²) in [7, 11) is -1.12. The summed E-state index contributed by atoms with van der Waals surface area (Å²) in [5.74, 6) is 0. The molecule has 0 amide bonds. The van der Waals surface area contributed by atoms with Crippen LogP contribution >= 0.6 is 15.8 Å². The van der Waals surface area contributed by atoms with Crippen LogP contribution in [0.25, 0.3) is 0 Å². The summed E-state index contributed by atoms with van der Waals surface area (Å²) >= 11 is 0.